The van der Waals surface area contributed by atoms with Gasteiger partial charge in [-0.2, -0.15) is 13.2 Å². The molecule has 0 bridgehead atoms. The summed E-state index contributed by atoms with van der Waals surface area (Å²) < 4.78 is 36.8. The molecule has 1 rings (SSSR count). The molecular weight excluding hydrogens is 291 g/mol. The van der Waals surface area contributed by atoms with Gasteiger partial charge in [-0.25, -0.2) is 0 Å². The van der Waals surface area contributed by atoms with Crippen LogP contribution in [0.1, 0.15) is 11.6 Å². The van der Waals surface area contributed by atoms with Crippen LogP contribution in [0.5, 0.6) is 5.75 Å². The van der Waals surface area contributed by atoms with Crippen molar-refractivity contribution in [3.63, 3.8) is 0 Å². The monoisotopic (exact) mass is 299 g/mol. The number of rotatable bonds is 2. The van der Waals surface area contributed by atoms with E-state index in [0.717, 1.165) is 0 Å². The van der Waals surface area contributed by atoms with Crippen LogP contribution in [-0.2, 0) is 0 Å². The van der Waals surface area contributed by atoms with Gasteiger partial charge in [0.15, 0.2) is 6.10 Å². The van der Waals surface area contributed by atoms with Crippen LogP contribution in [0.15, 0.2) is 22.7 Å². The first-order valence-corrected chi connectivity index (χ1v) is 5.02. The molecule has 1 aromatic rings. The van der Waals surface area contributed by atoms with Gasteiger partial charge in [-0.3, -0.25) is 0 Å². The van der Waals surface area contributed by atoms with Crippen molar-refractivity contribution in [3.05, 3.63) is 28.2 Å². The summed E-state index contributed by atoms with van der Waals surface area (Å²) in [5.41, 5.74) is 5.08. The lowest BCUT2D eigenvalue weighted by molar-refractivity contribution is -0.210. The molecule has 0 fully saturated rings. The second kappa shape index (κ2) is 4.60. The molecule has 16 heavy (non-hydrogen) atoms. The molecule has 2 atom stereocenters. The number of phenols is 1. The number of phenolic OH excluding ortho intramolecular Hbond substituents is 1. The Morgan fingerprint density at radius 3 is 2.38 bits per heavy atom. The molecule has 1 aromatic carbocycles. The van der Waals surface area contributed by atoms with Crippen molar-refractivity contribution < 1.29 is 23.4 Å². The maximum atomic E-state index is 12.2. The topological polar surface area (TPSA) is 66.5 Å². The van der Waals surface area contributed by atoms with Crippen LogP contribution < -0.4 is 5.73 Å². The summed E-state index contributed by atoms with van der Waals surface area (Å²) in [6, 6.07) is 2.37. The Hall–Kier alpha value is -0.790. The standard InChI is InChI=1S/C9H9BrF3NO2/c10-5-3-1-2-4(7(5)15)6(14)8(16)9(11,12)13/h1-3,6,8,15-16H,14H2/t6-,8-/m1/s1. The zero-order valence-corrected chi connectivity index (χ0v) is 9.46. The molecule has 4 N–H and O–H groups in total. The van der Waals surface area contributed by atoms with Gasteiger partial charge in [-0.15, -0.1) is 0 Å². The normalized spacial score (nSPS) is 15.9. The molecule has 0 aliphatic rings. The van der Waals surface area contributed by atoms with Gasteiger partial charge in [0.05, 0.1) is 10.5 Å². The van der Waals surface area contributed by atoms with E-state index in [9.17, 15) is 18.3 Å². The van der Waals surface area contributed by atoms with Crippen LogP contribution >= 0.6 is 15.9 Å². The number of alkyl halides is 3. The fourth-order valence-corrected chi connectivity index (χ4v) is 1.56. The molecule has 3 nitrogen and oxygen atoms in total. The summed E-state index contributed by atoms with van der Waals surface area (Å²) in [7, 11) is 0. The van der Waals surface area contributed by atoms with E-state index < -0.39 is 24.1 Å². The lowest BCUT2D eigenvalue weighted by Gasteiger charge is -2.22. The molecule has 0 radical (unpaired) electrons. The van der Waals surface area contributed by atoms with E-state index >= 15 is 0 Å². The maximum absolute atomic E-state index is 12.2. The number of halogens is 4. The van der Waals surface area contributed by atoms with Crippen molar-refractivity contribution in [2.24, 2.45) is 5.73 Å². The summed E-state index contributed by atoms with van der Waals surface area (Å²) in [5, 5.41) is 18.4. The van der Waals surface area contributed by atoms with Gasteiger partial charge in [-0.05, 0) is 22.0 Å². The highest BCUT2D eigenvalue weighted by atomic mass is 79.9. The number of aromatic hydroxyl groups is 1. The van der Waals surface area contributed by atoms with Gasteiger partial charge in [-0.1, -0.05) is 12.1 Å². The Labute approximate surface area is 97.8 Å². The number of para-hydroxylation sites is 1. The third kappa shape index (κ3) is 2.66. The van der Waals surface area contributed by atoms with Crippen molar-refractivity contribution in [1.82, 2.24) is 0 Å². The van der Waals surface area contributed by atoms with Crippen LogP contribution in [0.3, 0.4) is 0 Å². The van der Waals surface area contributed by atoms with Crippen molar-refractivity contribution in [3.8, 4) is 5.75 Å². The zero-order valence-electron chi connectivity index (χ0n) is 7.87. The lowest BCUT2D eigenvalue weighted by atomic mass is 10.0. The van der Waals surface area contributed by atoms with Crippen LogP contribution in [0.25, 0.3) is 0 Å². The van der Waals surface area contributed by atoms with E-state index in [2.05, 4.69) is 15.9 Å². The molecule has 0 amide bonds. The van der Waals surface area contributed by atoms with Gasteiger partial charge in [0, 0.05) is 5.56 Å². The fraction of sp³-hybridized carbons (Fsp3) is 0.333. The molecule has 0 saturated carbocycles. The molecule has 0 aliphatic heterocycles. The average molecular weight is 300 g/mol. The molecule has 0 unspecified atom stereocenters. The molecule has 0 saturated heterocycles. The molecule has 0 aromatic heterocycles. The highest BCUT2D eigenvalue weighted by Gasteiger charge is 2.43. The Kier molecular flexibility index (Phi) is 3.82. The predicted octanol–water partition coefficient (Wildman–Crippen LogP) is 2.08. The van der Waals surface area contributed by atoms with Crippen molar-refractivity contribution in [2.45, 2.75) is 18.3 Å². The maximum Gasteiger partial charge on any atom is 0.416 e. The van der Waals surface area contributed by atoms with Crippen LogP contribution in [-0.4, -0.2) is 22.5 Å². The van der Waals surface area contributed by atoms with Gasteiger partial charge in [0.2, 0.25) is 0 Å². The minimum absolute atomic E-state index is 0.167. The number of hydrogen-bond acceptors (Lipinski definition) is 3. The minimum atomic E-state index is -4.83. The summed E-state index contributed by atoms with van der Waals surface area (Å²) in [6.45, 7) is 0. The summed E-state index contributed by atoms with van der Waals surface area (Å²) in [4.78, 5) is 0. The van der Waals surface area contributed by atoms with Gasteiger partial charge < -0.3 is 15.9 Å². The van der Waals surface area contributed by atoms with Crippen molar-refractivity contribution in [2.75, 3.05) is 0 Å². The van der Waals surface area contributed by atoms with Crippen LogP contribution in [0, 0.1) is 0 Å². The van der Waals surface area contributed by atoms with E-state index in [1.54, 1.807) is 0 Å². The highest BCUT2D eigenvalue weighted by molar-refractivity contribution is 9.10. The van der Waals surface area contributed by atoms with Gasteiger partial charge in [0.1, 0.15) is 5.75 Å². The smallest absolute Gasteiger partial charge is 0.416 e. The number of nitrogens with two attached hydrogens (primary N) is 1. The Bertz CT molecular complexity index is 384. The van der Waals surface area contributed by atoms with Crippen molar-refractivity contribution in [1.29, 1.82) is 0 Å². The molecular formula is C9H9BrF3NO2. The second-order valence-corrected chi connectivity index (χ2v) is 4.04. The second-order valence-electron chi connectivity index (χ2n) is 3.19. The van der Waals surface area contributed by atoms with Crippen molar-refractivity contribution >= 4 is 15.9 Å². The van der Waals surface area contributed by atoms with Gasteiger partial charge in [0.25, 0.3) is 0 Å². The number of benzene rings is 1. The molecule has 0 spiro atoms. The quantitative estimate of drug-likeness (QED) is 0.783. The first kappa shape index (κ1) is 13.3. The third-order valence-corrected chi connectivity index (χ3v) is 2.69. The Morgan fingerprint density at radius 2 is 1.88 bits per heavy atom. The number of hydrogen-bond donors (Lipinski definition) is 3. The zero-order chi connectivity index (χ0) is 12.5. The first-order chi connectivity index (χ1) is 7.25. The Balaban J connectivity index is 3.06. The lowest BCUT2D eigenvalue weighted by Crippen LogP contribution is -2.38. The fourth-order valence-electron chi connectivity index (χ4n) is 1.17. The summed E-state index contributed by atoms with van der Waals surface area (Å²) in [6.07, 6.45) is -7.54. The average Bonchev–Trinajstić information content (AvgIpc) is 2.18. The predicted molar refractivity (Wildman–Crippen MR) is 54.8 cm³/mol. The van der Waals surface area contributed by atoms with E-state index in [4.69, 9.17) is 10.8 Å². The molecule has 0 aliphatic carbocycles. The molecule has 90 valence electrons. The van der Waals surface area contributed by atoms with Gasteiger partial charge >= 0.3 is 6.18 Å². The highest BCUT2D eigenvalue weighted by Crippen LogP contribution is 2.35. The summed E-state index contributed by atoms with van der Waals surface area (Å²) >= 11 is 2.95. The van der Waals surface area contributed by atoms with E-state index in [-0.39, 0.29) is 10.0 Å². The third-order valence-electron chi connectivity index (χ3n) is 2.05. The largest absolute Gasteiger partial charge is 0.506 e. The van der Waals surface area contributed by atoms with E-state index in [0.29, 0.717) is 0 Å². The molecule has 7 heteroatoms. The van der Waals surface area contributed by atoms with E-state index in [1.807, 2.05) is 0 Å². The minimum Gasteiger partial charge on any atom is -0.506 e. The van der Waals surface area contributed by atoms with Crippen LogP contribution in [0.2, 0.25) is 0 Å². The molecule has 0 heterocycles. The summed E-state index contributed by atoms with van der Waals surface area (Å²) in [5.74, 6) is -0.404. The van der Waals surface area contributed by atoms with Crippen LogP contribution in [0.4, 0.5) is 13.2 Å². The first-order valence-electron chi connectivity index (χ1n) is 4.23. The number of aliphatic hydroxyl groups excluding tert-OH is 1. The van der Waals surface area contributed by atoms with E-state index in [1.165, 1.54) is 18.2 Å². The number of aliphatic hydroxyl groups is 1. The SMILES string of the molecule is N[C@H](c1cccc(Br)c1O)[C@@H](O)C(F)(F)F. The Morgan fingerprint density at radius 1 is 1.31 bits per heavy atom.